The number of aromatic nitrogens is 3. The molecule has 0 saturated carbocycles. The van der Waals surface area contributed by atoms with Crippen molar-refractivity contribution >= 4 is 27.0 Å². The molecule has 9 nitrogen and oxygen atoms in total. The highest BCUT2D eigenvalue weighted by Gasteiger charge is 2.32. The van der Waals surface area contributed by atoms with E-state index in [9.17, 15) is 13.2 Å². The molecule has 2 saturated heterocycles. The van der Waals surface area contributed by atoms with Crippen LogP contribution < -0.4 is 4.84 Å². The first kappa shape index (κ1) is 20.1. The van der Waals surface area contributed by atoms with E-state index in [4.69, 9.17) is 4.84 Å². The second kappa shape index (κ2) is 7.91. The van der Waals surface area contributed by atoms with Gasteiger partial charge in [-0.15, -0.1) is 5.10 Å². The number of piperidine rings is 1. The molecule has 0 bridgehead atoms. The average molecular weight is 422 g/mol. The van der Waals surface area contributed by atoms with Crippen molar-refractivity contribution in [3.05, 3.63) is 18.2 Å². The number of carbonyl (C=O) groups is 1. The number of fused-ring (bicyclic) bond motifs is 1. The molecule has 0 radical (unpaired) electrons. The lowest BCUT2D eigenvalue weighted by molar-refractivity contribution is -0.135. The van der Waals surface area contributed by atoms with Crippen LogP contribution in [0.1, 0.15) is 33.1 Å². The first-order valence-corrected chi connectivity index (χ1v) is 11.6. The van der Waals surface area contributed by atoms with Crippen LogP contribution in [-0.2, 0) is 14.8 Å². The second-order valence-electron chi connectivity index (χ2n) is 8.24. The summed E-state index contributed by atoms with van der Waals surface area (Å²) < 4.78 is 27.9. The predicted molar refractivity (Wildman–Crippen MR) is 106 cm³/mol. The van der Waals surface area contributed by atoms with E-state index in [0.717, 1.165) is 37.2 Å². The van der Waals surface area contributed by atoms with Gasteiger partial charge in [-0.3, -0.25) is 4.79 Å². The molecule has 4 rings (SSSR count). The van der Waals surface area contributed by atoms with Crippen LogP contribution >= 0.6 is 0 Å². The first-order chi connectivity index (χ1) is 13.8. The molecule has 2 aromatic rings. The minimum atomic E-state index is -3.62. The molecule has 3 heterocycles. The number of sulfonamides is 1. The lowest BCUT2D eigenvalue weighted by Gasteiger charge is -2.34. The van der Waals surface area contributed by atoms with Gasteiger partial charge in [0.2, 0.25) is 10.0 Å². The Morgan fingerprint density at radius 2 is 1.86 bits per heavy atom. The van der Waals surface area contributed by atoms with Gasteiger partial charge in [0, 0.05) is 26.2 Å². The van der Waals surface area contributed by atoms with E-state index in [-0.39, 0.29) is 17.4 Å². The second-order valence-corrected chi connectivity index (χ2v) is 10.2. The van der Waals surface area contributed by atoms with Crippen LogP contribution in [0, 0.1) is 11.8 Å². The molecule has 1 aromatic heterocycles. The van der Waals surface area contributed by atoms with E-state index in [1.165, 1.54) is 6.07 Å². The van der Waals surface area contributed by atoms with Crippen LogP contribution in [0.25, 0.3) is 11.0 Å². The summed E-state index contributed by atoms with van der Waals surface area (Å²) in [5.74, 6) is 0.542. The predicted octanol–water partition coefficient (Wildman–Crippen LogP) is 1.15. The number of hydrogen-bond acceptors (Lipinski definition) is 6. The fourth-order valence-corrected chi connectivity index (χ4v) is 5.96. The zero-order valence-corrected chi connectivity index (χ0v) is 17.6. The molecule has 10 heteroatoms. The monoisotopic (exact) mass is 421 g/mol. The van der Waals surface area contributed by atoms with Crippen molar-refractivity contribution in [3.63, 3.8) is 0 Å². The van der Waals surface area contributed by atoms with Crippen LogP contribution in [0.5, 0.6) is 0 Å². The van der Waals surface area contributed by atoms with Gasteiger partial charge in [-0.25, -0.2) is 8.42 Å². The molecular weight excluding hydrogens is 394 g/mol. The SMILES string of the molecule is C[C@@H]1C[C@@H](C)CN(S(=O)(=O)c2ccc3nnn(OCC(=O)N4CCCC4)c3c2)C1. The summed E-state index contributed by atoms with van der Waals surface area (Å²) in [5.41, 5.74) is 0.941. The van der Waals surface area contributed by atoms with E-state index < -0.39 is 10.0 Å². The molecule has 0 aliphatic carbocycles. The molecule has 0 spiro atoms. The Kier molecular flexibility index (Phi) is 5.48. The molecular formula is C19H27N5O4S. The van der Waals surface area contributed by atoms with Crippen molar-refractivity contribution in [1.82, 2.24) is 24.4 Å². The largest absolute Gasteiger partial charge is 0.385 e. The Morgan fingerprint density at radius 3 is 2.55 bits per heavy atom. The molecule has 0 N–H and O–H groups in total. The fraction of sp³-hybridized carbons (Fsp3) is 0.632. The zero-order chi connectivity index (χ0) is 20.6. The summed E-state index contributed by atoms with van der Waals surface area (Å²) in [4.78, 5) is 20.8. The van der Waals surface area contributed by atoms with Gasteiger partial charge in [0.25, 0.3) is 5.91 Å². The lowest BCUT2D eigenvalue weighted by atomic mass is 9.94. The van der Waals surface area contributed by atoms with Gasteiger partial charge in [-0.1, -0.05) is 18.7 Å². The maximum absolute atomic E-state index is 13.2. The van der Waals surface area contributed by atoms with Crippen LogP contribution in [0.2, 0.25) is 0 Å². The maximum Gasteiger partial charge on any atom is 0.263 e. The normalized spacial score (nSPS) is 23.6. The third-order valence-corrected chi connectivity index (χ3v) is 7.46. The minimum absolute atomic E-state index is 0.105. The summed E-state index contributed by atoms with van der Waals surface area (Å²) in [6, 6.07) is 4.69. The number of carbonyl (C=O) groups excluding carboxylic acids is 1. The number of nitrogens with zero attached hydrogens (tertiary/aromatic N) is 5. The topological polar surface area (TPSA) is 97.6 Å². The van der Waals surface area contributed by atoms with Gasteiger partial charge in [0.15, 0.2) is 6.61 Å². The van der Waals surface area contributed by atoms with Gasteiger partial charge in [0.05, 0.1) is 4.90 Å². The molecule has 2 fully saturated rings. The van der Waals surface area contributed by atoms with Gasteiger partial charge in [0.1, 0.15) is 11.0 Å². The van der Waals surface area contributed by atoms with E-state index in [0.29, 0.717) is 36.0 Å². The Balaban J connectivity index is 1.55. The highest BCUT2D eigenvalue weighted by Crippen LogP contribution is 2.27. The van der Waals surface area contributed by atoms with E-state index in [1.54, 1.807) is 21.3 Å². The number of benzene rings is 1. The molecule has 0 unspecified atom stereocenters. The van der Waals surface area contributed by atoms with E-state index in [1.807, 2.05) is 0 Å². The van der Waals surface area contributed by atoms with Crippen LogP contribution in [0.3, 0.4) is 0 Å². The van der Waals surface area contributed by atoms with E-state index in [2.05, 4.69) is 24.2 Å². The standard InChI is InChI=1S/C19H27N5O4S/c1-14-9-15(2)12-23(11-14)29(26,27)16-5-6-17-18(10-16)24(21-20-17)28-13-19(25)22-7-3-4-8-22/h5-6,10,14-15H,3-4,7-9,11-13H2,1-2H3/t14-,15-/m1/s1. The van der Waals surface area contributed by atoms with Crippen molar-refractivity contribution in [2.75, 3.05) is 32.8 Å². The molecule has 29 heavy (non-hydrogen) atoms. The summed E-state index contributed by atoms with van der Waals surface area (Å²) in [7, 11) is -3.62. The summed E-state index contributed by atoms with van der Waals surface area (Å²) >= 11 is 0. The van der Waals surface area contributed by atoms with Crippen molar-refractivity contribution < 1.29 is 18.0 Å². The quantitative estimate of drug-likeness (QED) is 0.718. The molecule has 2 aliphatic rings. The van der Waals surface area contributed by atoms with Gasteiger partial charge in [-0.05, 0) is 54.5 Å². The summed E-state index contributed by atoms with van der Waals surface area (Å²) in [6.45, 7) is 6.52. The van der Waals surface area contributed by atoms with Crippen molar-refractivity contribution in [2.45, 2.75) is 38.0 Å². The molecule has 158 valence electrons. The number of rotatable bonds is 5. The minimum Gasteiger partial charge on any atom is -0.385 e. The summed E-state index contributed by atoms with van der Waals surface area (Å²) in [5, 5.41) is 7.93. The van der Waals surface area contributed by atoms with Crippen molar-refractivity contribution in [2.24, 2.45) is 11.8 Å². The molecule has 2 aliphatic heterocycles. The molecule has 1 aromatic carbocycles. The van der Waals surface area contributed by atoms with E-state index >= 15 is 0 Å². The first-order valence-electron chi connectivity index (χ1n) is 10.1. The Morgan fingerprint density at radius 1 is 1.17 bits per heavy atom. The average Bonchev–Trinajstić information content (AvgIpc) is 3.35. The highest BCUT2D eigenvalue weighted by molar-refractivity contribution is 7.89. The fourth-order valence-electron chi connectivity index (χ4n) is 4.26. The lowest BCUT2D eigenvalue weighted by Crippen LogP contribution is -2.42. The Hall–Kier alpha value is -2.20. The third kappa shape index (κ3) is 4.09. The summed E-state index contributed by atoms with van der Waals surface area (Å²) in [6.07, 6.45) is 3.04. The van der Waals surface area contributed by atoms with Gasteiger partial charge in [-0.2, -0.15) is 4.31 Å². The number of likely N-dealkylation sites (tertiary alicyclic amines) is 1. The van der Waals surface area contributed by atoms with Crippen LogP contribution in [0.15, 0.2) is 23.1 Å². The van der Waals surface area contributed by atoms with Crippen LogP contribution in [-0.4, -0.2) is 71.5 Å². The Labute approximate surface area is 170 Å². The zero-order valence-electron chi connectivity index (χ0n) is 16.8. The molecule has 2 atom stereocenters. The van der Waals surface area contributed by atoms with Gasteiger partial charge >= 0.3 is 0 Å². The van der Waals surface area contributed by atoms with Crippen LogP contribution in [0.4, 0.5) is 0 Å². The third-order valence-electron chi connectivity index (χ3n) is 5.63. The highest BCUT2D eigenvalue weighted by atomic mass is 32.2. The Bertz CT molecular complexity index is 989. The molecule has 1 amide bonds. The van der Waals surface area contributed by atoms with Gasteiger partial charge < -0.3 is 9.74 Å². The van der Waals surface area contributed by atoms with Crippen molar-refractivity contribution in [3.8, 4) is 0 Å². The number of hydrogen-bond donors (Lipinski definition) is 0. The number of amides is 1. The van der Waals surface area contributed by atoms with Crippen molar-refractivity contribution in [1.29, 1.82) is 0 Å². The smallest absolute Gasteiger partial charge is 0.263 e. The maximum atomic E-state index is 13.2.